The molecule has 0 aromatic heterocycles. The zero-order chi connectivity index (χ0) is 22.4. The van der Waals surface area contributed by atoms with Crippen LogP contribution in [0.4, 0.5) is 24.5 Å². The van der Waals surface area contributed by atoms with Crippen LogP contribution in [0.5, 0.6) is 5.75 Å². The first-order valence-electron chi connectivity index (χ1n) is 9.53. The Balaban J connectivity index is 1.74. The van der Waals surface area contributed by atoms with E-state index in [0.29, 0.717) is 24.3 Å². The van der Waals surface area contributed by atoms with E-state index in [-0.39, 0.29) is 5.69 Å². The van der Waals surface area contributed by atoms with Crippen LogP contribution >= 0.6 is 0 Å². The zero-order valence-corrected chi connectivity index (χ0v) is 16.7. The molecule has 1 heterocycles. The molecule has 1 atom stereocenters. The van der Waals surface area contributed by atoms with Crippen LogP contribution in [-0.4, -0.2) is 31.6 Å². The van der Waals surface area contributed by atoms with Crippen molar-refractivity contribution >= 4 is 29.3 Å². The number of ether oxygens (including phenoxy) is 2. The molecular formula is C22H21F3N2O4. The normalized spacial score (nSPS) is 16.3. The van der Waals surface area contributed by atoms with E-state index in [1.54, 1.807) is 24.3 Å². The van der Waals surface area contributed by atoms with Gasteiger partial charge in [-0.1, -0.05) is 12.1 Å². The van der Waals surface area contributed by atoms with Crippen molar-refractivity contribution in [3.8, 4) is 5.75 Å². The Labute approximate surface area is 177 Å². The molecule has 0 spiro atoms. The molecule has 0 bridgehead atoms. The summed E-state index contributed by atoms with van der Waals surface area (Å²) in [5, 5.41) is 4.67. The van der Waals surface area contributed by atoms with Crippen LogP contribution in [0.3, 0.4) is 0 Å². The highest BCUT2D eigenvalue weighted by Gasteiger charge is 2.34. The topological polar surface area (TPSA) is 76.7 Å². The minimum atomic E-state index is -4.73. The zero-order valence-electron chi connectivity index (χ0n) is 16.7. The first kappa shape index (κ1) is 22.4. The number of anilines is 2. The summed E-state index contributed by atoms with van der Waals surface area (Å²) in [6.07, 6.45) is -1.57. The lowest BCUT2D eigenvalue weighted by Gasteiger charge is -2.16. The number of alkyl halides is 3. The average molecular weight is 434 g/mol. The minimum absolute atomic E-state index is 0.0299. The van der Waals surface area contributed by atoms with Gasteiger partial charge < -0.3 is 20.1 Å². The van der Waals surface area contributed by atoms with Gasteiger partial charge in [0, 0.05) is 18.4 Å². The fraction of sp³-hybridized carbons (Fsp3) is 0.273. The molecule has 1 aliphatic rings. The summed E-state index contributed by atoms with van der Waals surface area (Å²) in [6.45, 7) is 0.445. The number of hydrogen-bond donors (Lipinski definition) is 2. The van der Waals surface area contributed by atoms with E-state index in [2.05, 4.69) is 10.6 Å². The van der Waals surface area contributed by atoms with Crippen molar-refractivity contribution in [2.75, 3.05) is 24.4 Å². The average Bonchev–Trinajstić information content (AvgIpc) is 3.28. The number of halogens is 3. The summed E-state index contributed by atoms with van der Waals surface area (Å²) in [7, 11) is 1.50. The van der Waals surface area contributed by atoms with Crippen molar-refractivity contribution in [3.63, 3.8) is 0 Å². The molecule has 1 unspecified atom stereocenters. The predicted molar refractivity (Wildman–Crippen MR) is 110 cm³/mol. The van der Waals surface area contributed by atoms with Gasteiger partial charge >= 0.3 is 6.18 Å². The van der Waals surface area contributed by atoms with Gasteiger partial charge in [-0.05, 0) is 54.8 Å². The number of amides is 2. The second kappa shape index (κ2) is 9.65. The van der Waals surface area contributed by atoms with Crippen LogP contribution in [0.1, 0.15) is 24.0 Å². The molecule has 1 fully saturated rings. The summed E-state index contributed by atoms with van der Waals surface area (Å²) < 4.78 is 50.9. The summed E-state index contributed by atoms with van der Waals surface area (Å²) >= 11 is 0. The molecule has 0 radical (unpaired) electrons. The maximum absolute atomic E-state index is 13.5. The van der Waals surface area contributed by atoms with Crippen molar-refractivity contribution < 1.29 is 32.2 Å². The number of rotatable bonds is 6. The third-order valence-corrected chi connectivity index (χ3v) is 4.59. The van der Waals surface area contributed by atoms with E-state index in [1.807, 2.05) is 0 Å². The maximum Gasteiger partial charge on any atom is 0.418 e. The highest BCUT2D eigenvalue weighted by atomic mass is 19.4. The molecule has 2 amide bonds. The number of nitrogens with one attached hydrogen (secondary N) is 2. The molecule has 9 heteroatoms. The Hall–Kier alpha value is -3.33. The lowest BCUT2D eigenvalue weighted by Crippen LogP contribution is -2.27. The standard InChI is InChI=1S/C22H21F3N2O4/c1-30-16-5-2-4-14(12-16)7-10-20(28)27-18-9-8-15(13-17(18)22(23,24)25)26-21(29)19-6-3-11-31-19/h2,4-5,7-10,12-13,19H,3,6,11H2,1H3,(H,26,29)(H,27,28)/b10-7+. The third-order valence-electron chi connectivity index (χ3n) is 4.59. The van der Waals surface area contributed by atoms with Crippen LogP contribution in [0.15, 0.2) is 48.5 Å². The second-order valence-electron chi connectivity index (χ2n) is 6.85. The van der Waals surface area contributed by atoms with Gasteiger partial charge in [-0.25, -0.2) is 0 Å². The first-order valence-corrected chi connectivity index (χ1v) is 9.53. The SMILES string of the molecule is COc1cccc(/C=C/C(=O)Nc2ccc(NC(=O)C3CCCO3)cc2C(F)(F)F)c1. The number of benzene rings is 2. The van der Waals surface area contributed by atoms with Crippen LogP contribution in [0.2, 0.25) is 0 Å². The van der Waals surface area contributed by atoms with Gasteiger partial charge in [0.1, 0.15) is 11.9 Å². The fourth-order valence-electron chi connectivity index (χ4n) is 3.06. The molecule has 2 N–H and O–H groups in total. The quantitative estimate of drug-likeness (QED) is 0.658. The van der Waals surface area contributed by atoms with Crippen molar-refractivity contribution in [1.29, 1.82) is 0 Å². The van der Waals surface area contributed by atoms with Crippen molar-refractivity contribution in [2.45, 2.75) is 25.1 Å². The summed E-state index contributed by atoms with van der Waals surface area (Å²) in [4.78, 5) is 24.3. The van der Waals surface area contributed by atoms with E-state index in [0.717, 1.165) is 24.6 Å². The molecule has 1 saturated heterocycles. The van der Waals surface area contributed by atoms with E-state index < -0.39 is 35.3 Å². The Kier molecular flexibility index (Phi) is 6.96. The number of methoxy groups -OCH3 is 1. The molecular weight excluding hydrogens is 413 g/mol. The molecule has 31 heavy (non-hydrogen) atoms. The second-order valence-corrected chi connectivity index (χ2v) is 6.85. The molecule has 164 valence electrons. The van der Waals surface area contributed by atoms with E-state index >= 15 is 0 Å². The van der Waals surface area contributed by atoms with Gasteiger partial charge in [0.15, 0.2) is 0 Å². The number of carbonyl (C=O) groups excluding carboxylic acids is 2. The summed E-state index contributed by atoms with van der Waals surface area (Å²) in [5.41, 5.74) is -0.862. The van der Waals surface area contributed by atoms with Gasteiger partial charge in [0.25, 0.3) is 5.91 Å². The third kappa shape index (κ3) is 6.08. The van der Waals surface area contributed by atoms with Crippen LogP contribution < -0.4 is 15.4 Å². The van der Waals surface area contributed by atoms with Crippen LogP contribution in [0, 0.1) is 0 Å². The lowest BCUT2D eigenvalue weighted by atomic mass is 10.1. The highest BCUT2D eigenvalue weighted by Crippen LogP contribution is 2.36. The molecule has 3 rings (SSSR count). The molecule has 2 aromatic rings. The number of hydrogen-bond acceptors (Lipinski definition) is 4. The highest BCUT2D eigenvalue weighted by molar-refractivity contribution is 6.03. The first-order chi connectivity index (χ1) is 14.8. The van der Waals surface area contributed by atoms with Gasteiger partial charge in [0.2, 0.25) is 5.91 Å². The van der Waals surface area contributed by atoms with Crippen molar-refractivity contribution in [1.82, 2.24) is 0 Å². The van der Waals surface area contributed by atoms with E-state index in [9.17, 15) is 22.8 Å². The van der Waals surface area contributed by atoms with Gasteiger partial charge in [-0.15, -0.1) is 0 Å². The largest absolute Gasteiger partial charge is 0.497 e. The Morgan fingerprint density at radius 2 is 1.97 bits per heavy atom. The smallest absolute Gasteiger partial charge is 0.418 e. The van der Waals surface area contributed by atoms with Crippen molar-refractivity contribution in [3.05, 3.63) is 59.7 Å². The summed E-state index contributed by atoms with van der Waals surface area (Å²) in [5.74, 6) is -0.643. The Morgan fingerprint density at radius 1 is 1.16 bits per heavy atom. The molecule has 0 saturated carbocycles. The summed E-state index contributed by atoms with van der Waals surface area (Å²) in [6, 6.07) is 10.0. The Bertz CT molecular complexity index is 983. The van der Waals surface area contributed by atoms with Crippen LogP contribution in [-0.2, 0) is 20.5 Å². The maximum atomic E-state index is 13.5. The Morgan fingerprint density at radius 3 is 2.65 bits per heavy atom. The fourth-order valence-corrected chi connectivity index (χ4v) is 3.06. The van der Waals surface area contributed by atoms with E-state index in [4.69, 9.17) is 9.47 Å². The minimum Gasteiger partial charge on any atom is -0.497 e. The molecule has 2 aromatic carbocycles. The van der Waals surface area contributed by atoms with Crippen LogP contribution in [0.25, 0.3) is 6.08 Å². The predicted octanol–water partition coefficient (Wildman–Crippen LogP) is 4.48. The monoisotopic (exact) mass is 434 g/mol. The van der Waals surface area contributed by atoms with Gasteiger partial charge in [-0.2, -0.15) is 13.2 Å². The van der Waals surface area contributed by atoms with Gasteiger partial charge in [0.05, 0.1) is 18.4 Å². The van der Waals surface area contributed by atoms with Crippen molar-refractivity contribution in [2.24, 2.45) is 0 Å². The molecule has 6 nitrogen and oxygen atoms in total. The van der Waals surface area contributed by atoms with E-state index in [1.165, 1.54) is 19.3 Å². The molecule has 1 aliphatic heterocycles. The molecule has 0 aliphatic carbocycles. The van der Waals surface area contributed by atoms with Gasteiger partial charge in [-0.3, -0.25) is 9.59 Å². The lowest BCUT2D eigenvalue weighted by molar-refractivity contribution is -0.137. The number of carbonyl (C=O) groups is 2.